The third-order valence-electron chi connectivity index (χ3n) is 4.94. The van der Waals surface area contributed by atoms with E-state index in [1.165, 1.54) is 0 Å². The Kier molecular flexibility index (Phi) is 3.36. The molecule has 1 amide bonds. The molecule has 3 nitrogen and oxygen atoms in total. The molecule has 0 bridgehead atoms. The summed E-state index contributed by atoms with van der Waals surface area (Å²) >= 11 is 0. The maximum Gasteiger partial charge on any atom is 0.236 e. The van der Waals surface area contributed by atoms with Crippen LogP contribution in [0.1, 0.15) is 38.2 Å². The van der Waals surface area contributed by atoms with Gasteiger partial charge in [-0.3, -0.25) is 9.59 Å². The molecule has 0 aromatic heterocycles. The minimum absolute atomic E-state index is 0.0681. The summed E-state index contributed by atoms with van der Waals surface area (Å²) in [5, 5.41) is 0. The minimum Gasteiger partial charge on any atom is -0.337 e. The highest BCUT2D eigenvalue weighted by atomic mass is 16.2. The zero-order valence-electron chi connectivity index (χ0n) is 12.0. The van der Waals surface area contributed by atoms with Crippen molar-refractivity contribution in [2.24, 2.45) is 11.3 Å². The van der Waals surface area contributed by atoms with Crippen molar-refractivity contribution in [3.05, 3.63) is 35.9 Å². The minimum atomic E-state index is -0.701. The third kappa shape index (κ3) is 1.96. The second-order valence-corrected chi connectivity index (χ2v) is 6.17. The maximum absolute atomic E-state index is 12.8. The molecule has 1 saturated heterocycles. The van der Waals surface area contributed by atoms with Gasteiger partial charge in [0.25, 0.3) is 0 Å². The predicted octanol–water partition coefficient (Wildman–Crippen LogP) is 2.79. The fraction of sp³-hybridized carbons (Fsp3) is 0.529. The molecular formula is C17H21NO2. The lowest BCUT2D eigenvalue weighted by atomic mass is 9.67. The van der Waals surface area contributed by atoms with E-state index in [9.17, 15) is 9.59 Å². The first kappa shape index (κ1) is 13.3. The van der Waals surface area contributed by atoms with Crippen molar-refractivity contribution in [1.29, 1.82) is 0 Å². The number of nitrogens with zero attached hydrogens (tertiary/aromatic N) is 1. The normalized spacial score (nSPS) is 30.2. The zero-order valence-corrected chi connectivity index (χ0v) is 12.0. The lowest BCUT2D eigenvalue weighted by molar-refractivity contribution is -0.148. The van der Waals surface area contributed by atoms with Crippen LogP contribution in [-0.4, -0.2) is 23.1 Å². The number of likely N-dealkylation sites (tertiary alicyclic amines) is 1. The molecule has 1 saturated carbocycles. The summed E-state index contributed by atoms with van der Waals surface area (Å²) in [6.07, 6.45) is 3.27. The second-order valence-electron chi connectivity index (χ2n) is 6.17. The van der Waals surface area contributed by atoms with Crippen molar-refractivity contribution in [1.82, 2.24) is 4.90 Å². The Balaban J connectivity index is 1.83. The number of rotatable bonds is 2. The maximum atomic E-state index is 12.8. The van der Waals surface area contributed by atoms with E-state index in [4.69, 9.17) is 0 Å². The Hall–Kier alpha value is -1.64. The predicted molar refractivity (Wildman–Crippen MR) is 76.9 cm³/mol. The van der Waals surface area contributed by atoms with E-state index < -0.39 is 5.41 Å². The van der Waals surface area contributed by atoms with Crippen molar-refractivity contribution in [2.45, 2.75) is 39.2 Å². The number of benzene rings is 1. The summed E-state index contributed by atoms with van der Waals surface area (Å²) in [6.45, 7) is 3.39. The first-order valence-electron chi connectivity index (χ1n) is 7.51. The molecule has 3 rings (SSSR count). The first-order chi connectivity index (χ1) is 9.64. The molecule has 1 aromatic carbocycles. The monoisotopic (exact) mass is 271 g/mol. The van der Waals surface area contributed by atoms with Gasteiger partial charge in [-0.05, 0) is 24.3 Å². The van der Waals surface area contributed by atoms with E-state index in [-0.39, 0.29) is 17.6 Å². The van der Waals surface area contributed by atoms with E-state index in [1.807, 2.05) is 35.2 Å². The second kappa shape index (κ2) is 5.04. The van der Waals surface area contributed by atoms with Gasteiger partial charge in [-0.25, -0.2) is 0 Å². The Morgan fingerprint density at radius 2 is 1.95 bits per heavy atom. The Bertz CT molecular complexity index is 525. The van der Waals surface area contributed by atoms with Crippen LogP contribution in [0, 0.1) is 11.3 Å². The third-order valence-corrected chi connectivity index (χ3v) is 4.94. The highest BCUT2D eigenvalue weighted by Gasteiger charge is 2.56. The van der Waals surface area contributed by atoms with Crippen LogP contribution in [-0.2, 0) is 16.1 Å². The zero-order chi connectivity index (χ0) is 14.2. The summed E-state index contributed by atoms with van der Waals surface area (Å²) in [5.74, 6) is 0.391. The van der Waals surface area contributed by atoms with Crippen LogP contribution in [0.25, 0.3) is 0 Å². The molecular weight excluding hydrogens is 250 g/mol. The molecule has 2 fully saturated rings. The summed E-state index contributed by atoms with van der Waals surface area (Å²) < 4.78 is 0. The lowest BCUT2D eigenvalue weighted by Gasteiger charge is -2.33. The summed E-state index contributed by atoms with van der Waals surface area (Å²) in [5.41, 5.74) is 0.431. The lowest BCUT2D eigenvalue weighted by Crippen LogP contribution is -2.44. The van der Waals surface area contributed by atoms with Crippen molar-refractivity contribution >= 4 is 11.7 Å². The summed E-state index contributed by atoms with van der Waals surface area (Å²) in [4.78, 5) is 27.1. The fourth-order valence-corrected chi connectivity index (χ4v) is 3.80. The van der Waals surface area contributed by atoms with E-state index in [0.29, 0.717) is 19.5 Å². The molecule has 2 atom stereocenters. The molecule has 1 heterocycles. The van der Waals surface area contributed by atoms with Crippen LogP contribution in [0.3, 0.4) is 0 Å². The number of Topliss-reactive ketones (excluding diaryl/α,β-unsaturated/α-hetero) is 1. The number of amides is 1. The van der Waals surface area contributed by atoms with Crippen molar-refractivity contribution in [2.75, 3.05) is 6.54 Å². The molecule has 2 unspecified atom stereocenters. The smallest absolute Gasteiger partial charge is 0.236 e. The number of ketones is 1. The number of carbonyl (C=O) groups is 2. The Morgan fingerprint density at radius 1 is 1.20 bits per heavy atom. The van der Waals surface area contributed by atoms with Crippen LogP contribution in [0.2, 0.25) is 0 Å². The first-order valence-corrected chi connectivity index (χ1v) is 7.51. The van der Waals surface area contributed by atoms with E-state index in [2.05, 4.69) is 6.92 Å². The van der Waals surface area contributed by atoms with E-state index in [1.54, 1.807) is 0 Å². The van der Waals surface area contributed by atoms with Gasteiger partial charge in [0.15, 0.2) is 0 Å². The van der Waals surface area contributed by atoms with Gasteiger partial charge in [0.1, 0.15) is 11.2 Å². The molecule has 1 aliphatic heterocycles. The van der Waals surface area contributed by atoms with Crippen molar-refractivity contribution in [3.63, 3.8) is 0 Å². The summed E-state index contributed by atoms with van der Waals surface area (Å²) in [6, 6.07) is 10.0. The van der Waals surface area contributed by atoms with Gasteiger partial charge in [0.2, 0.25) is 5.91 Å². The van der Waals surface area contributed by atoms with Crippen LogP contribution in [0.4, 0.5) is 0 Å². The largest absolute Gasteiger partial charge is 0.337 e. The highest BCUT2D eigenvalue weighted by molar-refractivity contribution is 6.08. The van der Waals surface area contributed by atoms with Crippen LogP contribution in [0.5, 0.6) is 0 Å². The van der Waals surface area contributed by atoms with Gasteiger partial charge in [-0.1, -0.05) is 43.7 Å². The van der Waals surface area contributed by atoms with Crippen molar-refractivity contribution in [3.8, 4) is 0 Å². The SMILES string of the molecule is CC1CN(Cc2ccccc2)C(=O)C12CCCCC2=O. The number of carbonyl (C=O) groups excluding carboxylic acids is 2. The number of hydrogen-bond donors (Lipinski definition) is 0. The molecule has 0 N–H and O–H groups in total. The molecule has 1 spiro atoms. The molecule has 0 radical (unpaired) electrons. The molecule has 20 heavy (non-hydrogen) atoms. The topological polar surface area (TPSA) is 37.4 Å². The molecule has 2 aliphatic rings. The van der Waals surface area contributed by atoms with Crippen LogP contribution >= 0.6 is 0 Å². The average Bonchev–Trinajstić information content (AvgIpc) is 2.69. The summed E-state index contributed by atoms with van der Waals surface area (Å²) in [7, 11) is 0. The van der Waals surface area contributed by atoms with Crippen LogP contribution in [0.15, 0.2) is 30.3 Å². The van der Waals surface area contributed by atoms with E-state index in [0.717, 1.165) is 24.8 Å². The van der Waals surface area contributed by atoms with Gasteiger partial charge < -0.3 is 4.90 Å². The number of hydrogen-bond acceptors (Lipinski definition) is 2. The quantitative estimate of drug-likeness (QED) is 0.776. The highest BCUT2D eigenvalue weighted by Crippen LogP contribution is 2.46. The van der Waals surface area contributed by atoms with Gasteiger partial charge in [-0.2, -0.15) is 0 Å². The van der Waals surface area contributed by atoms with Crippen molar-refractivity contribution < 1.29 is 9.59 Å². The molecule has 106 valence electrons. The Morgan fingerprint density at radius 3 is 2.65 bits per heavy atom. The Labute approximate surface area is 120 Å². The van der Waals surface area contributed by atoms with Gasteiger partial charge >= 0.3 is 0 Å². The van der Waals surface area contributed by atoms with Gasteiger partial charge in [0, 0.05) is 19.5 Å². The standard InChI is InChI=1S/C17H21NO2/c1-13-11-18(12-14-7-3-2-4-8-14)16(20)17(13)10-6-5-9-15(17)19/h2-4,7-8,13H,5-6,9-12H2,1H3. The molecule has 1 aliphatic carbocycles. The van der Waals surface area contributed by atoms with E-state index >= 15 is 0 Å². The van der Waals surface area contributed by atoms with Gasteiger partial charge in [0.05, 0.1) is 0 Å². The van der Waals surface area contributed by atoms with Crippen LogP contribution < -0.4 is 0 Å². The molecule has 1 aromatic rings. The average molecular weight is 271 g/mol. The molecule has 3 heteroatoms. The van der Waals surface area contributed by atoms with Gasteiger partial charge in [-0.15, -0.1) is 0 Å². The fourth-order valence-electron chi connectivity index (χ4n) is 3.80.